The third-order valence-corrected chi connectivity index (χ3v) is 5.13. The molecule has 0 bridgehead atoms. The van der Waals surface area contributed by atoms with Crippen LogP contribution in [0.25, 0.3) is 0 Å². The number of nitrogens with one attached hydrogen (secondary N) is 1. The molecule has 1 heterocycles. The van der Waals surface area contributed by atoms with Crippen LogP contribution in [0.1, 0.15) is 6.42 Å². The maximum absolute atomic E-state index is 12.3. The number of hydrogen-bond donors (Lipinski definition) is 1. The van der Waals surface area contributed by atoms with Gasteiger partial charge >= 0.3 is 6.18 Å². The normalized spacial score (nSPS) is 19.5. The lowest BCUT2D eigenvalue weighted by Crippen LogP contribution is -2.34. The standard InChI is InChI=1S/C13H16F3N3O4S/c14-13(15,16)9-18-6-5-10(8-18)7-17-24(22,23)12-3-1-11(2-4-12)19(20)21/h1-4,10,17H,5-9H2. The van der Waals surface area contributed by atoms with Gasteiger partial charge in [0.15, 0.2) is 0 Å². The molecule has 1 aliphatic heterocycles. The zero-order valence-corrected chi connectivity index (χ0v) is 13.3. The van der Waals surface area contributed by atoms with Crippen LogP contribution in [0.3, 0.4) is 0 Å². The molecule has 0 amide bonds. The summed E-state index contributed by atoms with van der Waals surface area (Å²) in [5.74, 6) is -0.208. The number of hydrogen-bond acceptors (Lipinski definition) is 5. The van der Waals surface area contributed by atoms with E-state index in [0.717, 1.165) is 24.3 Å². The van der Waals surface area contributed by atoms with E-state index in [4.69, 9.17) is 0 Å². The van der Waals surface area contributed by atoms with Crippen LogP contribution in [0.2, 0.25) is 0 Å². The molecule has 1 unspecified atom stereocenters. The molecule has 2 rings (SSSR count). The molecular weight excluding hydrogens is 351 g/mol. The van der Waals surface area contributed by atoms with Crippen molar-refractivity contribution < 1.29 is 26.5 Å². The topological polar surface area (TPSA) is 92.5 Å². The molecule has 1 aromatic carbocycles. The Morgan fingerprint density at radius 3 is 2.46 bits per heavy atom. The molecule has 0 radical (unpaired) electrons. The van der Waals surface area contributed by atoms with E-state index in [1.54, 1.807) is 0 Å². The van der Waals surface area contributed by atoms with Crippen LogP contribution in [0.15, 0.2) is 29.2 Å². The number of halogens is 3. The van der Waals surface area contributed by atoms with Crippen molar-refractivity contribution in [3.05, 3.63) is 34.4 Å². The van der Waals surface area contributed by atoms with Crippen LogP contribution in [0, 0.1) is 16.0 Å². The van der Waals surface area contributed by atoms with Crippen LogP contribution in [-0.2, 0) is 10.0 Å². The van der Waals surface area contributed by atoms with Gasteiger partial charge in [-0.25, -0.2) is 13.1 Å². The van der Waals surface area contributed by atoms with Gasteiger partial charge in [-0.3, -0.25) is 15.0 Å². The number of rotatable bonds is 6. The highest BCUT2D eigenvalue weighted by Crippen LogP contribution is 2.23. The van der Waals surface area contributed by atoms with Gasteiger partial charge in [-0.2, -0.15) is 13.2 Å². The molecule has 0 aliphatic carbocycles. The highest BCUT2D eigenvalue weighted by Gasteiger charge is 2.34. The molecule has 1 fully saturated rings. The molecule has 1 aromatic rings. The van der Waals surface area contributed by atoms with E-state index in [-0.39, 0.29) is 36.1 Å². The molecule has 134 valence electrons. The Labute approximate surface area is 136 Å². The first-order valence-corrected chi connectivity index (χ1v) is 8.58. The van der Waals surface area contributed by atoms with Crippen LogP contribution < -0.4 is 4.72 Å². The van der Waals surface area contributed by atoms with Crippen LogP contribution in [0.5, 0.6) is 0 Å². The molecular formula is C13H16F3N3O4S. The van der Waals surface area contributed by atoms with Crippen molar-refractivity contribution in [3.8, 4) is 0 Å². The van der Waals surface area contributed by atoms with E-state index in [2.05, 4.69) is 4.72 Å². The maximum Gasteiger partial charge on any atom is 0.401 e. The second-order valence-corrected chi connectivity index (χ2v) is 7.37. The number of alkyl halides is 3. The monoisotopic (exact) mass is 367 g/mol. The zero-order chi connectivity index (χ0) is 18.0. The average Bonchev–Trinajstić information content (AvgIpc) is 2.91. The lowest BCUT2D eigenvalue weighted by atomic mass is 10.1. The SMILES string of the molecule is O=[N+]([O-])c1ccc(S(=O)(=O)NCC2CCN(CC(F)(F)F)C2)cc1. The lowest BCUT2D eigenvalue weighted by molar-refractivity contribution is -0.384. The number of benzene rings is 1. The molecule has 1 saturated heterocycles. The highest BCUT2D eigenvalue weighted by atomic mass is 32.2. The molecule has 1 aliphatic rings. The molecule has 7 nitrogen and oxygen atoms in total. The average molecular weight is 367 g/mol. The van der Waals surface area contributed by atoms with Gasteiger partial charge in [-0.05, 0) is 31.0 Å². The molecule has 0 saturated carbocycles. The van der Waals surface area contributed by atoms with Crippen molar-refractivity contribution in [2.75, 3.05) is 26.2 Å². The molecule has 1 atom stereocenters. The summed E-state index contributed by atoms with van der Waals surface area (Å²) < 4.78 is 63.5. The molecule has 0 spiro atoms. The van der Waals surface area contributed by atoms with Crippen molar-refractivity contribution in [1.82, 2.24) is 9.62 Å². The summed E-state index contributed by atoms with van der Waals surface area (Å²) in [7, 11) is -3.86. The van der Waals surface area contributed by atoms with Crippen LogP contribution >= 0.6 is 0 Å². The molecule has 0 aromatic heterocycles. The van der Waals surface area contributed by atoms with E-state index >= 15 is 0 Å². The molecule has 1 N–H and O–H groups in total. The van der Waals surface area contributed by atoms with E-state index in [0.29, 0.717) is 6.42 Å². The zero-order valence-electron chi connectivity index (χ0n) is 12.5. The Hall–Kier alpha value is -1.72. The van der Waals surface area contributed by atoms with E-state index in [1.165, 1.54) is 4.90 Å². The van der Waals surface area contributed by atoms with Crippen LogP contribution in [0.4, 0.5) is 18.9 Å². The van der Waals surface area contributed by atoms with Crippen molar-refractivity contribution in [3.63, 3.8) is 0 Å². The fraction of sp³-hybridized carbons (Fsp3) is 0.538. The largest absolute Gasteiger partial charge is 0.401 e. The van der Waals surface area contributed by atoms with Gasteiger partial charge in [0.1, 0.15) is 0 Å². The summed E-state index contributed by atoms with van der Waals surface area (Å²) >= 11 is 0. The third kappa shape index (κ3) is 5.14. The van der Waals surface area contributed by atoms with Gasteiger partial charge < -0.3 is 0 Å². The summed E-state index contributed by atoms with van der Waals surface area (Å²) in [5, 5.41) is 10.5. The first-order chi connectivity index (χ1) is 11.1. The Bertz CT molecular complexity index is 691. The Morgan fingerprint density at radius 2 is 1.92 bits per heavy atom. The minimum atomic E-state index is -4.27. The number of non-ortho nitro benzene ring substituents is 1. The van der Waals surface area contributed by atoms with Gasteiger partial charge in [0, 0.05) is 25.2 Å². The predicted molar refractivity (Wildman–Crippen MR) is 78.9 cm³/mol. The van der Waals surface area contributed by atoms with Gasteiger partial charge in [-0.1, -0.05) is 0 Å². The second kappa shape index (κ2) is 7.03. The number of likely N-dealkylation sites (tertiary alicyclic amines) is 1. The van der Waals surface area contributed by atoms with E-state index < -0.39 is 27.7 Å². The number of nitrogens with zero attached hydrogens (tertiary/aromatic N) is 2. The first kappa shape index (κ1) is 18.6. The lowest BCUT2D eigenvalue weighted by Gasteiger charge is -2.18. The summed E-state index contributed by atoms with van der Waals surface area (Å²) in [4.78, 5) is 11.0. The first-order valence-electron chi connectivity index (χ1n) is 7.10. The number of nitro groups is 1. The van der Waals surface area contributed by atoms with Gasteiger partial charge in [0.25, 0.3) is 5.69 Å². The summed E-state index contributed by atoms with van der Waals surface area (Å²) in [6.07, 6.45) is -3.80. The van der Waals surface area contributed by atoms with Crippen molar-refractivity contribution in [1.29, 1.82) is 0 Å². The third-order valence-electron chi connectivity index (χ3n) is 3.69. The fourth-order valence-corrected chi connectivity index (χ4v) is 3.65. The Kier molecular flexibility index (Phi) is 5.45. The Balaban J connectivity index is 1.90. The fourth-order valence-electron chi connectivity index (χ4n) is 2.53. The summed E-state index contributed by atoms with van der Waals surface area (Å²) in [5.41, 5.74) is -0.229. The molecule has 11 heteroatoms. The van der Waals surface area contributed by atoms with Crippen molar-refractivity contribution in [2.45, 2.75) is 17.5 Å². The Morgan fingerprint density at radius 1 is 1.29 bits per heavy atom. The molecule has 24 heavy (non-hydrogen) atoms. The minimum Gasteiger partial charge on any atom is -0.295 e. The van der Waals surface area contributed by atoms with Gasteiger partial charge in [0.2, 0.25) is 10.0 Å². The van der Waals surface area contributed by atoms with Crippen LogP contribution in [-0.4, -0.2) is 50.6 Å². The quantitative estimate of drug-likeness (QED) is 0.611. The summed E-state index contributed by atoms with van der Waals surface area (Å²) in [6.45, 7) is -0.544. The van der Waals surface area contributed by atoms with E-state index in [1.807, 2.05) is 0 Å². The maximum atomic E-state index is 12.3. The summed E-state index contributed by atoms with van der Waals surface area (Å²) in [6, 6.07) is 4.39. The minimum absolute atomic E-state index is 0.0215. The van der Waals surface area contributed by atoms with Gasteiger partial charge in [-0.15, -0.1) is 0 Å². The second-order valence-electron chi connectivity index (χ2n) is 5.61. The van der Waals surface area contributed by atoms with Crippen molar-refractivity contribution >= 4 is 15.7 Å². The van der Waals surface area contributed by atoms with E-state index in [9.17, 15) is 31.7 Å². The van der Waals surface area contributed by atoms with Gasteiger partial charge in [0.05, 0.1) is 16.4 Å². The number of nitro benzene ring substituents is 1. The smallest absolute Gasteiger partial charge is 0.295 e. The number of sulfonamides is 1. The van der Waals surface area contributed by atoms with Crippen molar-refractivity contribution in [2.24, 2.45) is 5.92 Å². The predicted octanol–water partition coefficient (Wildman–Crippen LogP) is 1.76. The highest BCUT2D eigenvalue weighted by molar-refractivity contribution is 7.89.